The van der Waals surface area contributed by atoms with E-state index >= 15 is 0 Å². The van der Waals surface area contributed by atoms with Gasteiger partial charge >= 0.3 is 0 Å². The summed E-state index contributed by atoms with van der Waals surface area (Å²) in [6, 6.07) is 9.71. The van der Waals surface area contributed by atoms with Crippen molar-refractivity contribution in [1.82, 2.24) is 4.90 Å². The molecular formula is C17H26N2O2. The van der Waals surface area contributed by atoms with Crippen LogP contribution < -0.4 is 10.5 Å². The highest BCUT2D eigenvalue weighted by molar-refractivity contribution is 5.78. The third-order valence-corrected chi connectivity index (χ3v) is 4.35. The van der Waals surface area contributed by atoms with Crippen molar-refractivity contribution in [1.29, 1.82) is 0 Å². The van der Waals surface area contributed by atoms with E-state index in [-0.39, 0.29) is 17.2 Å². The van der Waals surface area contributed by atoms with Crippen molar-refractivity contribution in [2.45, 2.75) is 26.7 Å². The molecule has 4 nitrogen and oxygen atoms in total. The minimum Gasteiger partial charge on any atom is -0.494 e. The lowest BCUT2D eigenvalue weighted by molar-refractivity contribution is -0.134. The molecule has 21 heavy (non-hydrogen) atoms. The fourth-order valence-electron chi connectivity index (χ4n) is 2.68. The standard InChI is InChI=1S/C17H26N2O2/c1-14(8-11-21-15-6-4-3-5-7-15)16(20)19-10-9-17(2,12-18)13-19/h3-7,14H,8-13,18H2,1-2H3. The van der Waals surface area contributed by atoms with Crippen molar-refractivity contribution in [3.05, 3.63) is 30.3 Å². The van der Waals surface area contributed by atoms with Gasteiger partial charge in [0, 0.05) is 19.0 Å². The number of ether oxygens (including phenoxy) is 1. The highest BCUT2D eigenvalue weighted by Gasteiger charge is 2.36. The van der Waals surface area contributed by atoms with Gasteiger partial charge in [-0.3, -0.25) is 4.79 Å². The minimum absolute atomic E-state index is 0.00571. The molecule has 1 aromatic carbocycles. The van der Waals surface area contributed by atoms with Gasteiger partial charge in [-0.15, -0.1) is 0 Å². The van der Waals surface area contributed by atoms with Gasteiger partial charge in [0.05, 0.1) is 6.61 Å². The highest BCUT2D eigenvalue weighted by atomic mass is 16.5. The third kappa shape index (κ3) is 4.21. The summed E-state index contributed by atoms with van der Waals surface area (Å²) in [6.45, 7) is 6.96. The number of benzene rings is 1. The lowest BCUT2D eigenvalue weighted by atomic mass is 9.90. The van der Waals surface area contributed by atoms with Crippen LogP contribution in [0.1, 0.15) is 26.7 Å². The Labute approximate surface area is 127 Å². The van der Waals surface area contributed by atoms with E-state index < -0.39 is 0 Å². The molecule has 0 saturated carbocycles. The Morgan fingerprint density at radius 2 is 2.14 bits per heavy atom. The van der Waals surface area contributed by atoms with Gasteiger partial charge in [0.15, 0.2) is 0 Å². The van der Waals surface area contributed by atoms with E-state index in [2.05, 4.69) is 6.92 Å². The number of hydrogen-bond acceptors (Lipinski definition) is 3. The first-order chi connectivity index (χ1) is 10.0. The highest BCUT2D eigenvalue weighted by Crippen LogP contribution is 2.29. The van der Waals surface area contributed by atoms with Gasteiger partial charge in [0.25, 0.3) is 0 Å². The summed E-state index contributed by atoms with van der Waals surface area (Å²) >= 11 is 0. The lowest BCUT2D eigenvalue weighted by Crippen LogP contribution is -2.37. The van der Waals surface area contributed by atoms with Crippen LogP contribution in [0, 0.1) is 11.3 Å². The molecule has 1 aliphatic rings. The number of hydrogen-bond donors (Lipinski definition) is 1. The molecule has 1 saturated heterocycles. The Bertz CT molecular complexity index is 463. The van der Waals surface area contributed by atoms with E-state index in [1.165, 1.54) is 0 Å². The van der Waals surface area contributed by atoms with Crippen molar-refractivity contribution in [2.75, 3.05) is 26.2 Å². The average Bonchev–Trinajstić information content (AvgIpc) is 2.91. The van der Waals surface area contributed by atoms with Crippen molar-refractivity contribution >= 4 is 5.91 Å². The number of rotatable bonds is 6. The van der Waals surface area contributed by atoms with Gasteiger partial charge < -0.3 is 15.4 Å². The number of para-hydroxylation sites is 1. The molecular weight excluding hydrogens is 264 g/mol. The quantitative estimate of drug-likeness (QED) is 0.874. The van der Waals surface area contributed by atoms with Gasteiger partial charge in [0.2, 0.25) is 5.91 Å². The second kappa shape index (κ2) is 6.94. The zero-order valence-electron chi connectivity index (χ0n) is 13.0. The van der Waals surface area contributed by atoms with E-state index in [0.29, 0.717) is 13.2 Å². The molecule has 1 heterocycles. The fraction of sp³-hybridized carbons (Fsp3) is 0.588. The van der Waals surface area contributed by atoms with Crippen LogP contribution in [0.15, 0.2) is 30.3 Å². The summed E-state index contributed by atoms with van der Waals surface area (Å²) in [6.07, 6.45) is 1.74. The Kier molecular flexibility index (Phi) is 5.23. The van der Waals surface area contributed by atoms with Gasteiger partial charge in [-0.1, -0.05) is 32.0 Å². The second-order valence-corrected chi connectivity index (χ2v) is 6.38. The van der Waals surface area contributed by atoms with Gasteiger partial charge in [-0.05, 0) is 36.9 Å². The summed E-state index contributed by atoms with van der Waals surface area (Å²) < 4.78 is 5.66. The Morgan fingerprint density at radius 1 is 1.43 bits per heavy atom. The molecule has 2 unspecified atom stereocenters. The van der Waals surface area contributed by atoms with E-state index in [9.17, 15) is 4.79 Å². The molecule has 1 amide bonds. The van der Waals surface area contributed by atoms with E-state index in [1.807, 2.05) is 42.2 Å². The molecule has 2 N–H and O–H groups in total. The Morgan fingerprint density at radius 3 is 2.76 bits per heavy atom. The van der Waals surface area contributed by atoms with E-state index in [4.69, 9.17) is 10.5 Å². The molecule has 1 fully saturated rings. The topological polar surface area (TPSA) is 55.6 Å². The predicted molar refractivity (Wildman–Crippen MR) is 84.1 cm³/mol. The number of nitrogens with two attached hydrogens (primary N) is 1. The maximum Gasteiger partial charge on any atom is 0.225 e. The largest absolute Gasteiger partial charge is 0.494 e. The van der Waals surface area contributed by atoms with Gasteiger partial charge in [0.1, 0.15) is 5.75 Å². The molecule has 0 radical (unpaired) electrons. The third-order valence-electron chi connectivity index (χ3n) is 4.35. The van der Waals surface area contributed by atoms with Crippen LogP contribution in [0.2, 0.25) is 0 Å². The number of amides is 1. The number of likely N-dealkylation sites (tertiary alicyclic amines) is 1. The van der Waals surface area contributed by atoms with Crippen LogP contribution in [0.5, 0.6) is 5.75 Å². The summed E-state index contributed by atoms with van der Waals surface area (Å²) in [5.41, 5.74) is 5.89. The number of nitrogens with zero attached hydrogens (tertiary/aromatic N) is 1. The van der Waals surface area contributed by atoms with Crippen molar-refractivity contribution in [3.8, 4) is 5.75 Å². The second-order valence-electron chi connectivity index (χ2n) is 6.38. The molecule has 0 aromatic heterocycles. The van der Waals surface area contributed by atoms with Crippen LogP contribution in [0.25, 0.3) is 0 Å². The maximum absolute atomic E-state index is 12.4. The first-order valence-electron chi connectivity index (χ1n) is 7.71. The van der Waals surface area contributed by atoms with Gasteiger partial charge in [-0.25, -0.2) is 0 Å². The Balaban J connectivity index is 1.76. The summed E-state index contributed by atoms with van der Waals surface area (Å²) in [5, 5.41) is 0. The molecule has 1 aliphatic heterocycles. The molecule has 0 aliphatic carbocycles. The summed E-state index contributed by atoms with van der Waals surface area (Å²) in [5.74, 6) is 1.08. The van der Waals surface area contributed by atoms with Crippen LogP contribution in [-0.2, 0) is 4.79 Å². The van der Waals surface area contributed by atoms with Crippen LogP contribution in [0.4, 0.5) is 0 Å². The maximum atomic E-state index is 12.4. The SMILES string of the molecule is CC(CCOc1ccccc1)C(=O)N1CCC(C)(CN)C1. The van der Waals surface area contributed by atoms with Crippen molar-refractivity contribution in [2.24, 2.45) is 17.1 Å². The average molecular weight is 290 g/mol. The first-order valence-corrected chi connectivity index (χ1v) is 7.71. The minimum atomic E-state index is -0.00571. The van der Waals surface area contributed by atoms with Crippen LogP contribution in [-0.4, -0.2) is 37.0 Å². The summed E-state index contributed by atoms with van der Waals surface area (Å²) in [4.78, 5) is 14.4. The first kappa shape index (κ1) is 15.8. The zero-order chi connectivity index (χ0) is 15.3. The van der Waals surface area contributed by atoms with Crippen molar-refractivity contribution in [3.63, 3.8) is 0 Å². The smallest absolute Gasteiger partial charge is 0.225 e. The molecule has 2 atom stereocenters. The van der Waals surface area contributed by atoms with E-state index in [1.54, 1.807) is 0 Å². The van der Waals surface area contributed by atoms with Crippen LogP contribution in [0.3, 0.4) is 0 Å². The number of carbonyl (C=O) groups is 1. The normalized spacial score (nSPS) is 23.1. The van der Waals surface area contributed by atoms with Gasteiger partial charge in [-0.2, -0.15) is 0 Å². The predicted octanol–water partition coefficient (Wildman–Crippen LogP) is 2.29. The van der Waals surface area contributed by atoms with E-state index in [0.717, 1.165) is 31.7 Å². The lowest BCUT2D eigenvalue weighted by Gasteiger charge is -2.24. The molecule has 0 bridgehead atoms. The monoisotopic (exact) mass is 290 g/mol. The fourth-order valence-corrected chi connectivity index (χ4v) is 2.68. The summed E-state index contributed by atoms with van der Waals surface area (Å²) in [7, 11) is 0. The zero-order valence-corrected chi connectivity index (χ0v) is 13.0. The molecule has 2 rings (SSSR count). The number of carbonyl (C=O) groups excluding carboxylic acids is 1. The molecule has 0 spiro atoms. The molecule has 1 aromatic rings. The molecule has 4 heteroatoms. The van der Waals surface area contributed by atoms with Crippen LogP contribution >= 0.6 is 0 Å². The molecule has 116 valence electrons. The van der Waals surface area contributed by atoms with Crippen molar-refractivity contribution < 1.29 is 9.53 Å². The Hall–Kier alpha value is -1.55.